The molecule has 4 nitrogen and oxygen atoms in total. The van der Waals surface area contributed by atoms with E-state index in [4.69, 9.17) is 0 Å². The summed E-state index contributed by atoms with van der Waals surface area (Å²) >= 11 is 0. The Morgan fingerprint density at radius 1 is 1.31 bits per heavy atom. The van der Waals surface area contributed by atoms with Gasteiger partial charge in [-0.3, -0.25) is 4.98 Å². The van der Waals surface area contributed by atoms with Crippen LogP contribution in [0.3, 0.4) is 0 Å². The molecule has 2 aromatic rings. The van der Waals surface area contributed by atoms with Crippen molar-refractivity contribution in [2.75, 3.05) is 6.54 Å². The number of hydrogen-bond donors (Lipinski definition) is 1. The van der Waals surface area contributed by atoms with Crippen LogP contribution in [0, 0.1) is 6.92 Å². The molecule has 16 heavy (non-hydrogen) atoms. The van der Waals surface area contributed by atoms with Crippen molar-refractivity contribution < 1.29 is 0 Å². The number of aromatic nitrogens is 3. The molecule has 0 atom stereocenters. The van der Waals surface area contributed by atoms with E-state index in [0.717, 1.165) is 19.6 Å². The van der Waals surface area contributed by atoms with Gasteiger partial charge in [-0.1, -0.05) is 0 Å². The maximum absolute atomic E-state index is 4.12. The molecule has 2 rings (SSSR count). The van der Waals surface area contributed by atoms with Gasteiger partial charge in [0.25, 0.3) is 0 Å². The van der Waals surface area contributed by atoms with Gasteiger partial charge in [0.15, 0.2) is 0 Å². The van der Waals surface area contributed by atoms with Gasteiger partial charge >= 0.3 is 0 Å². The van der Waals surface area contributed by atoms with E-state index in [0.29, 0.717) is 0 Å². The van der Waals surface area contributed by atoms with Crippen LogP contribution in [-0.2, 0) is 13.1 Å². The topological polar surface area (TPSA) is 42.7 Å². The van der Waals surface area contributed by atoms with Gasteiger partial charge in [-0.05, 0) is 24.1 Å². The number of hydrogen-bond acceptors (Lipinski definition) is 3. The molecule has 0 fully saturated rings. The zero-order valence-electron chi connectivity index (χ0n) is 9.43. The summed E-state index contributed by atoms with van der Waals surface area (Å²) in [5.41, 5.74) is 2.54. The minimum absolute atomic E-state index is 0.869. The van der Waals surface area contributed by atoms with Crippen LogP contribution in [0.25, 0.3) is 0 Å². The van der Waals surface area contributed by atoms with Crippen molar-refractivity contribution >= 4 is 0 Å². The first-order valence-electron chi connectivity index (χ1n) is 5.42. The summed E-state index contributed by atoms with van der Waals surface area (Å²) in [6.07, 6.45) is 9.34. The van der Waals surface area contributed by atoms with E-state index in [1.807, 2.05) is 31.0 Å². The van der Waals surface area contributed by atoms with Gasteiger partial charge < -0.3 is 9.88 Å². The van der Waals surface area contributed by atoms with Gasteiger partial charge in [0.05, 0.1) is 6.33 Å². The number of aryl methyl sites for hydroxylation is 1. The molecule has 0 aliphatic heterocycles. The summed E-state index contributed by atoms with van der Waals surface area (Å²) in [7, 11) is 0. The van der Waals surface area contributed by atoms with E-state index in [1.54, 1.807) is 6.20 Å². The van der Waals surface area contributed by atoms with Crippen molar-refractivity contribution in [2.45, 2.75) is 20.0 Å². The lowest BCUT2D eigenvalue weighted by atomic mass is 10.1. The number of pyridine rings is 1. The highest BCUT2D eigenvalue weighted by atomic mass is 15.0. The Morgan fingerprint density at radius 3 is 3.00 bits per heavy atom. The minimum Gasteiger partial charge on any atom is -0.336 e. The summed E-state index contributed by atoms with van der Waals surface area (Å²) in [6.45, 7) is 4.85. The largest absolute Gasteiger partial charge is 0.336 e. The fourth-order valence-corrected chi connectivity index (χ4v) is 1.53. The first-order chi connectivity index (χ1) is 7.86. The zero-order valence-corrected chi connectivity index (χ0v) is 9.43. The Labute approximate surface area is 95.4 Å². The summed E-state index contributed by atoms with van der Waals surface area (Å²) in [4.78, 5) is 8.12. The molecule has 0 aliphatic rings. The molecule has 4 heteroatoms. The third-order valence-corrected chi connectivity index (χ3v) is 2.57. The summed E-state index contributed by atoms with van der Waals surface area (Å²) in [5, 5.41) is 3.39. The van der Waals surface area contributed by atoms with Gasteiger partial charge in [-0.25, -0.2) is 4.98 Å². The molecule has 1 N–H and O–H groups in total. The average molecular weight is 216 g/mol. The van der Waals surface area contributed by atoms with Crippen LogP contribution in [0.15, 0.2) is 37.2 Å². The molecule has 0 unspecified atom stereocenters. The maximum Gasteiger partial charge on any atom is 0.0946 e. The quantitative estimate of drug-likeness (QED) is 0.768. The average Bonchev–Trinajstić information content (AvgIpc) is 2.79. The van der Waals surface area contributed by atoms with Crippen LogP contribution in [0.4, 0.5) is 0 Å². The van der Waals surface area contributed by atoms with E-state index in [1.165, 1.54) is 11.1 Å². The van der Waals surface area contributed by atoms with E-state index >= 15 is 0 Å². The molecule has 2 aromatic heterocycles. The minimum atomic E-state index is 0.869. The third kappa shape index (κ3) is 2.90. The van der Waals surface area contributed by atoms with Crippen molar-refractivity contribution in [3.05, 3.63) is 48.3 Å². The monoisotopic (exact) mass is 216 g/mol. The van der Waals surface area contributed by atoms with Crippen LogP contribution >= 0.6 is 0 Å². The lowest BCUT2D eigenvalue weighted by molar-refractivity contribution is 0.596. The van der Waals surface area contributed by atoms with E-state index in [-0.39, 0.29) is 0 Å². The number of imidazole rings is 1. The van der Waals surface area contributed by atoms with Crippen LogP contribution in [0.5, 0.6) is 0 Å². The highest BCUT2D eigenvalue weighted by Gasteiger charge is 1.96. The second kappa shape index (κ2) is 5.42. The first kappa shape index (κ1) is 10.8. The van der Waals surface area contributed by atoms with E-state index in [9.17, 15) is 0 Å². The van der Waals surface area contributed by atoms with Gasteiger partial charge in [-0.2, -0.15) is 0 Å². The fourth-order valence-electron chi connectivity index (χ4n) is 1.53. The maximum atomic E-state index is 4.12. The van der Waals surface area contributed by atoms with Crippen molar-refractivity contribution in [2.24, 2.45) is 0 Å². The number of nitrogens with zero attached hydrogens (tertiary/aromatic N) is 3. The highest BCUT2D eigenvalue weighted by Crippen LogP contribution is 2.03. The smallest absolute Gasteiger partial charge is 0.0946 e. The summed E-state index contributed by atoms with van der Waals surface area (Å²) < 4.78 is 2.06. The van der Waals surface area contributed by atoms with Crippen LogP contribution < -0.4 is 5.32 Å². The van der Waals surface area contributed by atoms with Crippen molar-refractivity contribution in [1.82, 2.24) is 19.9 Å². The Balaban J connectivity index is 1.74. The molecule has 84 valence electrons. The van der Waals surface area contributed by atoms with E-state index < -0.39 is 0 Å². The lowest BCUT2D eigenvalue weighted by Gasteiger charge is -2.07. The van der Waals surface area contributed by atoms with Gasteiger partial charge in [0.2, 0.25) is 0 Å². The Kier molecular flexibility index (Phi) is 3.66. The molecule has 2 heterocycles. The molecule has 0 bridgehead atoms. The second-order valence-electron chi connectivity index (χ2n) is 3.78. The second-order valence-corrected chi connectivity index (χ2v) is 3.78. The zero-order chi connectivity index (χ0) is 11.2. The van der Waals surface area contributed by atoms with Crippen LogP contribution in [0.1, 0.15) is 11.1 Å². The molecule has 0 aliphatic carbocycles. The summed E-state index contributed by atoms with van der Waals surface area (Å²) in [6, 6.07) is 2.03. The molecule has 0 radical (unpaired) electrons. The Hall–Kier alpha value is -1.68. The molecule has 0 aromatic carbocycles. The predicted octanol–water partition coefficient (Wildman–Crippen LogP) is 1.38. The number of rotatable bonds is 5. The summed E-state index contributed by atoms with van der Waals surface area (Å²) in [5.74, 6) is 0. The van der Waals surface area contributed by atoms with Crippen LogP contribution in [0.2, 0.25) is 0 Å². The van der Waals surface area contributed by atoms with Gasteiger partial charge in [0, 0.05) is 44.4 Å². The van der Waals surface area contributed by atoms with Gasteiger partial charge in [-0.15, -0.1) is 0 Å². The fraction of sp³-hybridized carbons (Fsp3) is 0.333. The molecule has 0 saturated heterocycles. The molecule has 0 saturated carbocycles. The predicted molar refractivity (Wildman–Crippen MR) is 62.9 cm³/mol. The number of nitrogens with one attached hydrogen (secondary N) is 1. The van der Waals surface area contributed by atoms with Crippen molar-refractivity contribution in [1.29, 1.82) is 0 Å². The van der Waals surface area contributed by atoms with Crippen molar-refractivity contribution in [3.8, 4) is 0 Å². The Bertz CT molecular complexity index is 422. The normalized spacial score (nSPS) is 10.6. The first-order valence-corrected chi connectivity index (χ1v) is 5.42. The van der Waals surface area contributed by atoms with E-state index in [2.05, 4.69) is 26.8 Å². The lowest BCUT2D eigenvalue weighted by Crippen LogP contribution is -2.19. The standard InChI is InChI=1S/C12H16N4/c1-11-2-3-13-8-12(11)9-14-4-6-16-7-5-15-10-16/h2-3,5,7-8,10,14H,4,6,9H2,1H3. The van der Waals surface area contributed by atoms with Gasteiger partial charge in [0.1, 0.15) is 0 Å². The third-order valence-electron chi connectivity index (χ3n) is 2.57. The SMILES string of the molecule is Cc1ccncc1CNCCn1ccnc1. The molecule has 0 spiro atoms. The van der Waals surface area contributed by atoms with Crippen molar-refractivity contribution in [3.63, 3.8) is 0 Å². The van der Waals surface area contributed by atoms with Crippen LogP contribution in [-0.4, -0.2) is 21.1 Å². The Morgan fingerprint density at radius 2 is 2.25 bits per heavy atom. The molecular formula is C12H16N4. The molecular weight excluding hydrogens is 200 g/mol. The molecule has 0 amide bonds. The highest BCUT2D eigenvalue weighted by molar-refractivity contribution is 5.20.